The molecule has 0 spiro atoms. The third-order valence-corrected chi connectivity index (χ3v) is 17.0. The largest absolute Gasteiger partial charge is 0.496 e. The van der Waals surface area contributed by atoms with Crippen LogP contribution in [0.3, 0.4) is 0 Å². The first-order valence-corrected chi connectivity index (χ1v) is 18.2. The quantitative estimate of drug-likeness (QED) is 0.189. The molecule has 2 atom stereocenters. The first kappa shape index (κ1) is 27.5. The van der Waals surface area contributed by atoms with Crippen LogP contribution in [0.2, 0.25) is 0 Å². The lowest BCUT2D eigenvalue weighted by molar-refractivity contribution is 0.410. The van der Waals surface area contributed by atoms with Crippen LogP contribution in [-0.2, 0) is 0 Å². The van der Waals surface area contributed by atoms with Crippen molar-refractivity contribution in [3.8, 4) is 22.6 Å². The van der Waals surface area contributed by atoms with Gasteiger partial charge in [-0.1, -0.05) is 105 Å². The van der Waals surface area contributed by atoms with Crippen molar-refractivity contribution in [1.82, 2.24) is 0 Å². The molecule has 0 aromatic heterocycles. The SMILES string of the molecule is COc1ccc[c]c1-c1c(OC)cccc1P(C1CCCC1)[P@@](c1ccccc1)c1ccc(C2CCCC2)cc1. The monoisotopic (exact) mass is 565 g/mol. The van der Waals surface area contributed by atoms with Gasteiger partial charge in [-0.2, -0.15) is 0 Å². The molecule has 1 radical (unpaired) electrons. The summed E-state index contributed by atoms with van der Waals surface area (Å²) in [6.07, 6.45) is 10.6. The molecule has 0 amide bonds. The van der Waals surface area contributed by atoms with Crippen molar-refractivity contribution in [2.45, 2.75) is 62.9 Å². The molecule has 0 bridgehead atoms. The van der Waals surface area contributed by atoms with Gasteiger partial charge in [0.1, 0.15) is 11.5 Å². The molecule has 4 aromatic rings. The predicted octanol–water partition coefficient (Wildman–Crippen LogP) is 8.93. The second kappa shape index (κ2) is 12.9. The van der Waals surface area contributed by atoms with Crippen molar-refractivity contribution in [2.75, 3.05) is 14.2 Å². The van der Waals surface area contributed by atoms with E-state index in [1.807, 2.05) is 18.2 Å². The molecular formula is C36H39O2P2. The molecule has 4 heteroatoms. The normalized spacial score (nSPS) is 17.6. The molecule has 1 unspecified atom stereocenters. The highest BCUT2D eigenvalue weighted by atomic mass is 32.1. The molecule has 4 aromatic carbocycles. The lowest BCUT2D eigenvalue weighted by Gasteiger charge is -2.36. The molecule has 40 heavy (non-hydrogen) atoms. The Kier molecular flexibility index (Phi) is 8.86. The van der Waals surface area contributed by atoms with Crippen LogP contribution >= 0.6 is 15.2 Å². The number of benzene rings is 4. The Morgan fingerprint density at radius 2 is 1.30 bits per heavy atom. The van der Waals surface area contributed by atoms with E-state index in [0.29, 0.717) is 5.66 Å². The van der Waals surface area contributed by atoms with E-state index >= 15 is 0 Å². The van der Waals surface area contributed by atoms with Gasteiger partial charge in [-0.05, 0) is 92.2 Å². The van der Waals surface area contributed by atoms with Crippen molar-refractivity contribution >= 4 is 31.1 Å². The van der Waals surface area contributed by atoms with E-state index in [1.165, 1.54) is 72.8 Å². The van der Waals surface area contributed by atoms with Gasteiger partial charge >= 0.3 is 0 Å². The van der Waals surface area contributed by atoms with E-state index in [4.69, 9.17) is 9.47 Å². The second-order valence-electron chi connectivity index (χ2n) is 11.0. The number of rotatable bonds is 9. The van der Waals surface area contributed by atoms with Crippen molar-refractivity contribution in [1.29, 1.82) is 0 Å². The van der Waals surface area contributed by atoms with Gasteiger partial charge in [0.05, 0.1) is 14.2 Å². The van der Waals surface area contributed by atoms with Crippen LogP contribution in [0, 0.1) is 6.07 Å². The maximum Gasteiger partial charge on any atom is 0.127 e. The van der Waals surface area contributed by atoms with Crippen molar-refractivity contribution < 1.29 is 9.47 Å². The van der Waals surface area contributed by atoms with Crippen molar-refractivity contribution in [2.24, 2.45) is 0 Å². The Morgan fingerprint density at radius 3 is 2.00 bits per heavy atom. The fourth-order valence-corrected chi connectivity index (χ4v) is 15.9. The van der Waals surface area contributed by atoms with Gasteiger partial charge in [-0.3, -0.25) is 0 Å². The number of ether oxygens (including phenoxy) is 2. The Balaban J connectivity index is 1.55. The smallest absolute Gasteiger partial charge is 0.127 e. The topological polar surface area (TPSA) is 18.5 Å². The third kappa shape index (κ3) is 5.59. The van der Waals surface area contributed by atoms with Crippen LogP contribution in [0.5, 0.6) is 11.5 Å². The summed E-state index contributed by atoms with van der Waals surface area (Å²) in [5.41, 5.74) is 4.37. The zero-order valence-corrected chi connectivity index (χ0v) is 25.5. The molecule has 205 valence electrons. The van der Waals surface area contributed by atoms with Gasteiger partial charge in [0.15, 0.2) is 0 Å². The molecule has 0 aliphatic heterocycles. The van der Waals surface area contributed by atoms with Crippen LogP contribution in [0.25, 0.3) is 11.1 Å². The summed E-state index contributed by atoms with van der Waals surface area (Å²) in [5.74, 6) is 2.49. The summed E-state index contributed by atoms with van der Waals surface area (Å²) < 4.78 is 11.9. The Hall–Kier alpha value is -2.66. The first-order chi connectivity index (χ1) is 19.8. The van der Waals surface area contributed by atoms with Crippen LogP contribution in [0.1, 0.15) is 62.8 Å². The maximum atomic E-state index is 6.06. The zero-order chi connectivity index (χ0) is 27.3. The second-order valence-corrected chi connectivity index (χ2v) is 17.0. The average Bonchev–Trinajstić information content (AvgIpc) is 3.76. The fourth-order valence-electron chi connectivity index (χ4n) is 6.65. The zero-order valence-electron chi connectivity index (χ0n) is 23.7. The maximum absolute atomic E-state index is 6.06. The fraction of sp³-hybridized carbons (Fsp3) is 0.333. The standard InChI is InChI=1S/C36H39O2P2/c1-37-33-20-11-10-19-32(33)36-34(38-2)21-12-22-35(36)40(30-17-8-9-18-30)39(29-15-4-3-5-16-29)31-25-23-28(24-26-31)27-13-6-7-14-27/h3-5,10-12,15-16,20-27,30H,6-9,13-14,17-18H2,1-2H3/t39-,40?/m0/s1. The van der Waals surface area contributed by atoms with E-state index in [-0.39, 0.29) is 0 Å². The minimum atomic E-state index is -0.609. The molecule has 6 rings (SSSR count). The average molecular weight is 566 g/mol. The van der Waals surface area contributed by atoms with Gasteiger partial charge in [0.25, 0.3) is 0 Å². The van der Waals surface area contributed by atoms with E-state index in [2.05, 4.69) is 78.9 Å². The summed E-state index contributed by atoms with van der Waals surface area (Å²) in [5, 5.41) is 4.40. The Labute approximate surface area is 242 Å². The Morgan fingerprint density at radius 1 is 0.650 bits per heavy atom. The lowest BCUT2D eigenvalue weighted by Crippen LogP contribution is -2.21. The van der Waals surface area contributed by atoms with Crippen molar-refractivity contribution in [3.63, 3.8) is 0 Å². The number of methoxy groups -OCH3 is 2. The minimum absolute atomic E-state index is 0.567. The summed E-state index contributed by atoms with van der Waals surface area (Å²) in [7, 11) is 2.37. The third-order valence-electron chi connectivity index (χ3n) is 8.61. The molecule has 0 heterocycles. The highest BCUT2D eigenvalue weighted by Crippen LogP contribution is 2.72. The van der Waals surface area contributed by atoms with E-state index in [1.54, 1.807) is 14.2 Å². The molecule has 2 aliphatic rings. The van der Waals surface area contributed by atoms with Gasteiger partial charge < -0.3 is 9.47 Å². The van der Waals surface area contributed by atoms with Gasteiger partial charge in [0, 0.05) is 11.1 Å². The number of hydrogen-bond donors (Lipinski definition) is 0. The number of hydrogen-bond acceptors (Lipinski definition) is 2. The van der Waals surface area contributed by atoms with Crippen LogP contribution in [0.15, 0.2) is 91.0 Å². The van der Waals surface area contributed by atoms with E-state index in [0.717, 1.165) is 28.5 Å². The molecule has 2 saturated carbocycles. The highest BCUT2D eigenvalue weighted by Gasteiger charge is 2.37. The van der Waals surface area contributed by atoms with Crippen LogP contribution in [-0.4, -0.2) is 19.9 Å². The summed E-state index contributed by atoms with van der Waals surface area (Å²) in [4.78, 5) is 0. The minimum Gasteiger partial charge on any atom is -0.496 e. The van der Waals surface area contributed by atoms with Gasteiger partial charge in [-0.25, -0.2) is 0 Å². The van der Waals surface area contributed by atoms with Gasteiger partial charge in [0.2, 0.25) is 0 Å². The molecular weight excluding hydrogens is 526 g/mol. The van der Waals surface area contributed by atoms with Crippen molar-refractivity contribution in [3.05, 3.63) is 103 Å². The lowest BCUT2D eigenvalue weighted by atomic mass is 9.98. The highest BCUT2D eigenvalue weighted by molar-refractivity contribution is 8.39. The molecule has 0 saturated heterocycles. The summed E-state index contributed by atoms with van der Waals surface area (Å²) in [6, 6.07) is 37.4. The Bertz CT molecular complexity index is 1390. The molecule has 2 nitrogen and oxygen atoms in total. The molecule has 2 fully saturated rings. The summed E-state index contributed by atoms with van der Waals surface area (Å²) in [6.45, 7) is 0. The summed E-state index contributed by atoms with van der Waals surface area (Å²) >= 11 is 0. The van der Waals surface area contributed by atoms with Gasteiger partial charge in [-0.15, -0.1) is 0 Å². The van der Waals surface area contributed by atoms with E-state index in [9.17, 15) is 0 Å². The van der Waals surface area contributed by atoms with E-state index < -0.39 is 15.2 Å². The molecule has 2 aliphatic carbocycles. The molecule has 0 N–H and O–H groups in total. The first-order valence-electron chi connectivity index (χ1n) is 14.7. The van der Waals surface area contributed by atoms with Crippen LogP contribution in [0.4, 0.5) is 0 Å². The predicted molar refractivity (Wildman–Crippen MR) is 173 cm³/mol. The van der Waals surface area contributed by atoms with Crippen LogP contribution < -0.4 is 25.4 Å².